The van der Waals surface area contributed by atoms with Gasteiger partial charge in [-0.05, 0) is 68.2 Å². The third kappa shape index (κ3) is 10.5. The summed E-state index contributed by atoms with van der Waals surface area (Å²) in [5.41, 5.74) is 0. The van der Waals surface area contributed by atoms with Crippen molar-refractivity contribution in [1.29, 1.82) is 0 Å². The molecule has 1 aromatic rings. The van der Waals surface area contributed by atoms with Gasteiger partial charge in [-0.1, -0.05) is 84.0 Å². The lowest BCUT2D eigenvalue weighted by Crippen LogP contribution is -2.43. The molecule has 0 bridgehead atoms. The highest BCUT2D eigenvalue weighted by Gasteiger charge is 2.39. The maximum absolute atomic E-state index is 12.8. The lowest BCUT2D eigenvalue weighted by Gasteiger charge is -2.38. The Bertz CT molecular complexity index is 937. The van der Waals surface area contributed by atoms with Crippen LogP contribution in [0.1, 0.15) is 61.3 Å². The third-order valence-corrected chi connectivity index (χ3v) is 18.2. The molecule has 0 saturated heterocycles. The molecule has 35 heavy (non-hydrogen) atoms. The molecule has 1 aromatic carbocycles. The monoisotopic (exact) mass is 538 g/mol. The number of sulfone groups is 1. The number of rotatable bonds is 12. The molecule has 7 heteroatoms. The Labute approximate surface area is 218 Å². The summed E-state index contributed by atoms with van der Waals surface area (Å²) >= 11 is 0. The van der Waals surface area contributed by atoms with Crippen molar-refractivity contribution >= 4 is 26.5 Å². The van der Waals surface area contributed by atoms with E-state index in [-0.39, 0.29) is 28.0 Å². The van der Waals surface area contributed by atoms with Crippen LogP contribution in [0, 0.1) is 0 Å². The van der Waals surface area contributed by atoms with Gasteiger partial charge < -0.3 is 8.85 Å². The Hall–Kier alpha value is -0.996. The summed E-state index contributed by atoms with van der Waals surface area (Å²) in [6.07, 6.45) is 9.34. The number of benzene rings is 1. The Balaban J connectivity index is 2.88. The first-order valence-electron chi connectivity index (χ1n) is 12.8. The largest absolute Gasteiger partial charge is 0.414 e. The van der Waals surface area contributed by atoms with Crippen LogP contribution in [-0.2, 0) is 18.7 Å². The van der Waals surface area contributed by atoms with Crippen molar-refractivity contribution < 1.29 is 17.3 Å². The first-order valence-corrected chi connectivity index (χ1v) is 20.2. The van der Waals surface area contributed by atoms with Gasteiger partial charge in [0.15, 0.2) is 26.5 Å². The van der Waals surface area contributed by atoms with Gasteiger partial charge in [-0.25, -0.2) is 8.42 Å². The maximum atomic E-state index is 12.8. The molecule has 0 unspecified atom stereocenters. The standard InChI is InChI=1S/C28H50O4SSi2/c1-24(31-34(8,9)27(2,3)4)18-14-12-15-19-25(32-35(10,11)28(5,6)7)22-23-33(29,30)26-20-16-13-17-21-26/h12-17,19-21,24-25H,18,22-23H2,1-11H3/b14-12-,19-15+/t24-,25+/m0/s1. The zero-order valence-electron chi connectivity index (χ0n) is 24.0. The van der Waals surface area contributed by atoms with E-state index in [4.69, 9.17) is 8.85 Å². The zero-order valence-corrected chi connectivity index (χ0v) is 26.8. The highest BCUT2D eigenvalue weighted by Crippen LogP contribution is 2.38. The molecule has 4 nitrogen and oxygen atoms in total. The molecule has 0 aliphatic rings. The molecule has 0 fully saturated rings. The van der Waals surface area contributed by atoms with Crippen molar-refractivity contribution in [2.24, 2.45) is 0 Å². The summed E-state index contributed by atoms with van der Waals surface area (Å²) < 4.78 is 38.7. The van der Waals surface area contributed by atoms with Crippen molar-refractivity contribution in [3.63, 3.8) is 0 Å². The van der Waals surface area contributed by atoms with E-state index in [2.05, 4.69) is 80.7 Å². The second kappa shape index (κ2) is 12.5. The van der Waals surface area contributed by atoms with Crippen molar-refractivity contribution in [2.75, 3.05) is 5.75 Å². The minimum absolute atomic E-state index is 0.0454. The van der Waals surface area contributed by atoms with Crippen LogP contribution < -0.4 is 0 Å². The SMILES string of the molecule is C[C@@H](C/C=C\C=C\[C@H](CCS(=O)(=O)c1ccccc1)O[Si](C)(C)C(C)(C)C)O[Si](C)(C)C(C)(C)C. The lowest BCUT2D eigenvalue weighted by atomic mass is 10.2. The smallest absolute Gasteiger partial charge is 0.192 e. The minimum Gasteiger partial charge on any atom is -0.414 e. The van der Waals surface area contributed by atoms with E-state index in [1.807, 2.05) is 24.3 Å². The van der Waals surface area contributed by atoms with E-state index in [9.17, 15) is 8.42 Å². The average molecular weight is 539 g/mol. The minimum atomic E-state index is -3.35. The predicted octanol–water partition coefficient (Wildman–Crippen LogP) is 8.15. The molecule has 0 N–H and O–H groups in total. The van der Waals surface area contributed by atoms with Gasteiger partial charge in [-0.15, -0.1) is 0 Å². The molecule has 0 aromatic heterocycles. The van der Waals surface area contributed by atoms with Gasteiger partial charge in [0.1, 0.15) is 0 Å². The summed E-state index contributed by atoms with van der Waals surface area (Å²) in [4.78, 5) is 0.366. The summed E-state index contributed by atoms with van der Waals surface area (Å²) in [5, 5.41) is 0.239. The third-order valence-electron chi connectivity index (χ3n) is 7.37. The Morgan fingerprint density at radius 2 is 1.37 bits per heavy atom. The average Bonchev–Trinajstić information content (AvgIpc) is 2.70. The van der Waals surface area contributed by atoms with Gasteiger partial charge in [0.05, 0.1) is 16.8 Å². The van der Waals surface area contributed by atoms with E-state index in [0.29, 0.717) is 11.3 Å². The van der Waals surface area contributed by atoms with E-state index >= 15 is 0 Å². The highest BCUT2D eigenvalue weighted by molar-refractivity contribution is 7.91. The van der Waals surface area contributed by atoms with E-state index in [0.717, 1.165) is 6.42 Å². The Morgan fingerprint density at radius 3 is 1.89 bits per heavy atom. The van der Waals surface area contributed by atoms with Crippen LogP contribution in [0.4, 0.5) is 0 Å². The van der Waals surface area contributed by atoms with Gasteiger partial charge in [0, 0.05) is 6.10 Å². The van der Waals surface area contributed by atoms with Gasteiger partial charge in [0.25, 0.3) is 0 Å². The molecule has 2 atom stereocenters. The summed E-state index contributed by atoms with van der Waals surface area (Å²) in [6.45, 7) is 24.5. The quantitative estimate of drug-likeness (QED) is 0.199. The molecule has 200 valence electrons. The molecule has 0 aliphatic carbocycles. The van der Waals surface area contributed by atoms with E-state index < -0.39 is 26.5 Å². The second-order valence-corrected chi connectivity index (χ2v) is 24.2. The van der Waals surface area contributed by atoms with Gasteiger partial charge in [-0.2, -0.15) is 0 Å². The molecule has 1 rings (SSSR count). The molecule has 0 aliphatic heterocycles. The molecular formula is C28H50O4SSi2. The molecule has 0 spiro atoms. The van der Waals surface area contributed by atoms with Crippen LogP contribution in [-0.4, -0.2) is 43.0 Å². The van der Waals surface area contributed by atoms with Gasteiger partial charge in [-0.3, -0.25) is 0 Å². The van der Waals surface area contributed by atoms with Crippen LogP contribution in [0.2, 0.25) is 36.3 Å². The van der Waals surface area contributed by atoms with Crippen molar-refractivity contribution in [2.45, 2.75) is 115 Å². The van der Waals surface area contributed by atoms with Crippen LogP contribution in [0.5, 0.6) is 0 Å². The van der Waals surface area contributed by atoms with Crippen LogP contribution >= 0.6 is 0 Å². The van der Waals surface area contributed by atoms with E-state index in [1.165, 1.54) is 0 Å². The number of hydrogen-bond donors (Lipinski definition) is 0. The molecular weight excluding hydrogens is 489 g/mol. The lowest BCUT2D eigenvalue weighted by molar-refractivity contribution is 0.202. The fourth-order valence-corrected chi connectivity index (χ4v) is 7.14. The van der Waals surface area contributed by atoms with Crippen LogP contribution in [0.3, 0.4) is 0 Å². The van der Waals surface area contributed by atoms with Gasteiger partial charge in [0.2, 0.25) is 0 Å². The van der Waals surface area contributed by atoms with Crippen molar-refractivity contribution in [3.05, 3.63) is 54.6 Å². The second-order valence-electron chi connectivity index (χ2n) is 12.6. The van der Waals surface area contributed by atoms with Crippen molar-refractivity contribution in [1.82, 2.24) is 0 Å². The fraction of sp³-hybridized carbons (Fsp3) is 0.643. The summed E-state index contributed by atoms with van der Waals surface area (Å²) in [6, 6.07) is 8.67. The van der Waals surface area contributed by atoms with Gasteiger partial charge >= 0.3 is 0 Å². The summed E-state index contributed by atoms with van der Waals surface area (Å²) in [5.74, 6) is 0.0573. The summed E-state index contributed by atoms with van der Waals surface area (Å²) in [7, 11) is -7.19. The number of hydrogen-bond acceptors (Lipinski definition) is 4. The topological polar surface area (TPSA) is 52.6 Å². The normalized spacial score (nSPS) is 16.2. The predicted molar refractivity (Wildman–Crippen MR) is 156 cm³/mol. The number of allylic oxidation sites excluding steroid dienone is 2. The molecule has 0 heterocycles. The molecule has 0 saturated carbocycles. The van der Waals surface area contributed by atoms with Crippen LogP contribution in [0.25, 0.3) is 0 Å². The fourth-order valence-electron chi connectivity index (χ4n) is 3.03. The molecule has 0 amide bonds. The Kier molecular flexibility index (Phi) is 11.4. The molecule has 0 radical (unpaired) electrons. The highest BCUT2D eigenvalue weighted by atomic mass is 32.2. The maximum Gasteiger partial charge on any atom is 0.192 e. The van der Waals surface area contributed by atoms with Crippen molar-refractivity contribution in [3.8, 4) is 0 Å². The first-order chi connectivity index (χ1) is 15.8. The van der Waals surface area contributed by atoms with Crippen LogP contribution in [0.15, 0.2) is 59.5 Å². The Morgan fingerprint density at radius 1 is 0.857 bits per heavy atom. The van der Waals surface area contributed by atoms with E-state index in [1.54, 1.807) is 24.3 Å². The first kappa shape index (κ1) is 32.0. The zero-order chi connectivity index (χ0) is 27.1.